The SMILES string of the molecule is CC(=O)NCSC[C@H](NC(=O)CNC(=O)CNC(=O)CNC(=O)[C@H](CC(C)C)NC(=O)[C@@H]1CCCN1C(=O)[C@H](Cc1ccccc1)NC(=O)[C@H](CC(N)=O)NC(=O)CNC(=O)[C@H](CCC(N)=O)NC(=O)[C@H](CC(=O)O)NC(=O)[C@H](Cc1c[nH]c2ccccc12)NC(=O)[C@H](CC(C)C)NC(=O)[C@@H](N)CO)C(=O)O. The molecule has 2 aromatic carbocycles. The van der Waals surface area contributed by atoms with Gasteiger partial charge >= 0.3 is 11.9 Å². The van der Waals surface area contributed by atoms with Gasteiger partial charge in [-0.2, -0.15) is 0 Å². The third kappa shape index (κ3) is 31.5. The molecule has 3 aromatic rings. The zero-order valence-electron chi connectivity index (χ0n) is 59.7. The molecule has 1 saturated heterocycles. The van der Waals surface area contributed by atoms with Gasteiger partial charge in [-0.1, -0.05) is 76.2 Å². The number of carboxylic acid groups (broad SMARTS) is 2. The smallest absolute Gasteiger partial charge is 0.327 e. The van der Waals surface area contributed by atoms with Crippen LogP contribution in [-0.2, 0) is 99.1 Å². The highest BCUT2D eigenvalue weighted by Crippen LogP contribution is 2.23. The van der Waals surface area contributed by atoms with Crippen molar-refractivity contribution in [2.24, 2.45) is 29.0 Å². The minimum absolute atomic E-state index is 0.0197. The number of carbonyl (C=O) groups excluding carboxylic acids is 16. The van der Waals surface area contributed by atoms with Gasteiger partial charge in [0.15, 0.2) is 0 Å². The quantitative estimate of drug-likeness (QED) is 0.0185. The van der Waals surface area contributed by atoms with Crippen molar-refractivity contribution in [1.29, 1.82) is 0 Å². The number of fused-ring (bicyclic) bond motifs is 1. The van der Waals surface area contributed by atoms with E-state index in [1.807, 2.05) is 0 Å². The van der Waals surface area contributed by atoms with Crippen molar-refractivity contribution in [3.63, 3.8) is 0 Å². The third-order valence-corrected chi connectivity index (χ3v) is 17.1. The van der Waals surface area contributed by atoms with Crippen LogP contribution in [0.15, 0.2) is 60.8 Å². The lowest BCUT2D eigenvalue weighted by Crippen LogP contribution is -2.60. The summed E-state index contributed by atoms with van der Waals surface area (Å²) in [5.74, 6) is -18.6. The maximum absolute atomic E-state index is 14.7. The van der Waals surface area contributed by atoms with Gasteiger partial charge in [-0.25, -0.2) is 4.79 Å². The van der Waals surface area contributed by atoms with Crippen LogP contribution in [0.25, 0.3) is 10.9 Å². The fourth-order valence-corrected chi connectivity index (χ4v) is 11.7. The first-order chi connectivity index (χ1) is 50.5. The number of primary amides is 2. The Balaban J connectivity index is 1.46. The zero-order chi connectivity index (χ0) is 79.6. The number of aliphatic hydroxyl groups is 1. The van der Waals surface area contributed by atoms with Gasteiger partial charge in [0, 0.05) is 55.6 Å². The molecule has 1 aliphatic heterocycles. The largest absolute Gasteiger partial charge is 0.481 e. The van der Waals surface area contributed by atoms with Gasteiger partial charge < -0.3 is 112 Å². The molecule has 0 aliphatic carbocycles. The van der Waals surface area contributed by atoms with Crippen LogP contribution in [0, 0.1) is 11.8 Å². The summed E-state index contributed by atoms with van der Waals surface area (Å²) < 4.78 is 0. The minimum Gasteiger partial charge on any atom is -0.481 e. The van der Waals surface area contributed by atoms with Gasteiger partial charge in [0.05, 0.1) is 51.5 Å². The average Bonchev–Trinajstić information content (AvgIpc) is 1.77. The molecular weight excluding hydrogens is 1420 g/mol. The number of rotatable bonds is 46. The maximum Gasteiger partial charge on any atom is 0.327 e. The van der Waals surface area contributed by atoms with E-state index in [1.165, 1.54) is 11.8 Å². The Bertz CT molecular complexity index is 3690. The Morgan fingerprint density at radius 1 is 0.542 bits per heavy atom. The van der Waals surface area contributed by atoms with Gasteiger partial charge in [0.1, 0.15) is 60.4 Å². The number of benzene rings is 2. The number of para-hydroxylation sites is 1. The van der Waals surface area contributed by atoms with E-state index in [1.54, 1.807) is 88.5 Å². The number of hydrogen-bond acceptors (Lipinski definition) is 21. The number of nitrogens with zero attached hydrogens (tertiary/aromatic N) is 1. The van der Waals surface area contributed by atoms with Crippen molar-refractivity contribution in [2.45, 2.75) is 159 Å². The first-order valence-corrected chi connectivity index (χ1v) is 35.3. The lowest BCUT2D eigenvalue weighted by atomic mass is 10.00. The molecule has 1 aliphatic rings. The van der Waals surface area contributed by atoms with Crippen molar-refractivity contribution in [2.75, 3.05) is 51.0 Å². The van der Waals surface area contributed by atoms with E-state index >= 15 is 0 Å². The first-order valence-electron chi connectivity index (χ1n) is 34.1. The van der Waals surface area contributed by atoms with Crippen LogP contribution in [0.3, 0.4) is 0 Å². The molecule has 1 aromatic heterocycles. The van der Waals surface area contributed by atoms with E-state index in [4.69, 9.17) is 17.2 Å². The predicted molar refractivity (Wildman–Crippen MR) is 382 cm³/mol. The molecule has 39 nitrogen and oxygen atoms in total. The van der Waals surface area contributed by atoms with Crippen molar-refractivity contribution in [3.8, 4) is 0 Å². The number of H-pyrrole nitrogens is 1. The average molecular weight is 1520 g/mol. The van der Waals surface area contributed by atoms with Crippen molar-refractivity contribution in [1.82, 2.24) is 79.0 Å². The predicted octanol–water partition coefficient (Wildman–Crippen LogP) is -6.77. The van der Waals surface area contributed by atoms with Gasteiger partial charge in [-0.3, -0.25) is 81.5 Å². The lowest BCUT2D eigenvalue weighted by molar-refractivity contribution is -0.142. The summed E-state index contributed by atoms with van der Waals surface area (Å²) >= 11 is 1.03. The van der Waals surface area contributed by atoms with E-state index in [0.717, 1.165) is 11.8 Å². The Kier molecular flexibility index (Phi) is 36.6. The Morgan fingerprint density at radius 3 is 1.63 bits per heavy atom. The summed E-state index contributed by atoms with van der Waals surface area (Å²) in [5, 5.41) is 60.4. The number of likely N-dealkylation sites (tertiary alicyclic amines) is 1. The van der Waals surface area contributed by atoms with Gasteiger partial charge in [-0.15, -0.1) is 11.8 Å². The van der Waals surface area contributed by atoms with Crippen LogP contribution in [-0.4, -0.2) is 243 Å². The second-order valence-electron chi connectivity index (χ2n) is 25.9. The van der Waals surface area contributed by atoms with Crippen molar-refractivity contribution < 1.29 is 102 Å². The summed E-state index contributed by atoms with van der Waals surface area (Å²) in [5.41, 5.74) is 18.2. The fourth-order valence-electron chi connectivity index (χ4n) is 10.8. The van der Waals surface area contributed by atoms with Gasteiger partial charge in [0.2, 0.25) is 94.5 Å². The van der Waals surface area contributed by atoms with Crippen LogP contribution < -0.4 is 86.3 Å². The second-order valence-corrected chi connectivity index (χ2v) is 27.0. The molecular formula is C67H96N18O21S. The molecule has 107 heavy (non-hydrogen) atoms. The summed E-state index contributed by atoms with van der Waals surface area (Å²) in [4.78, 5) is 241. The van der Waals surface area contributed by atoms with Crippen LogP contribution in [0.5, 0.6) is 0 Å². The lowest BCUT2D eigenvalue weighted by Gasteiger charge is -2.31. The molecule has 4 rings (SSSR count). The van der Waals surface area contributed by atoms with Crippen LogP contribution >= 0.6 is 11.8 Å². The van der Waals surface area contributed by atoms with Crippen LogP contribution in [0.1, 0.15) is 97.1 Å². The number of aromatic nitrogens is 1. The summed E-state index contributed by atoms with van der Waals surface area (Å²) in [6, 6.07) is -0.290. The van der Waals surface area contributed by atoms with E-state index in [0.29, 0.717) is 22.0 Å². The highest BCUT2D eigenvalue weighted by molar-refractivity contribution is 7.99. The molecule has 2 heterocycles. The molecule has 0 saturated carbocycles. The number of carboxylic acids is 2. The molecule has 23 N–H and O–H groups in total. The van der Waals surface area contributed by atoms with Crippen LogP contribution in [0.4, 0.5) is 0 Å². The number of carbonyl (C=O) groups is 18. The summed E-state index contributed by atoms with van der Waals surface area (Å²) in [7, 11) is 0. The van der Waals surface area contributed by atoms with Crippen molar-refractivity contribution in [3.05, 3.63) is 71.9 Å². The number of aromatic amines is 1. The zero-order valence-corrected chi connectivity index (χ0v) is 60.5. The standard InChI is InChI=1S/C67H96N18O21S/c1-34(2)20-43(60(98)74-28-54(91)72-27-53(90)73-29-55(92)78-49(67(105)106)32-107-33-76-36(5)87)83-65(103)50-16-11-19-85(50)66(104)48(22-37-12-7-6-8-13-37)84-63(101)46(24-52(70)89)77-56(93)30-75-59(97)42(17-18-51(69)88)79-64(102)47(25-57(94)95)82-62(100)45(23-38-26-71-41-15-10-9-14-39(38)41)81-61(99)44(21-35(3)4)80-58(96)40(68)31-86/h6-10,12-15,26,34-35,40,42-50,71,86H,11,16-25,27-33,68H2,1-5H3,(H2,69,88)(H2,70,89)(H,72,91)(H,73,90)(H,74,98)(H,75,97)(H,76,87)(H,77,93)(H,78,92)(H,79,102)(H,80,96)(H,81,99)(H,82,100)(H,83,103)(H,84,101)(H,94,95)(H,105,106)/t40-,42-,43-,44-,45-,46-,47-,48-,49-,50-/m0/s1. The second kappa shape index (κ2) is 44.5. The molecule has 586 valence electrons. The molecule has 40 heteroatoms. The molecule has 0 bridgehead atoms. The van der Waals surface area contributed by atoms with E-state index < -0.39 is 219 Å². The normalized spacial score (nSPS) is 15.0. The molecule has 0 radical (unpaired) electrons. The number of nitrogens with one attached hydrogen (secondary N) is 14. The molecule has 10 atom stereocenters. The molecule has 16 amide bonds. The number of nitrogens with two attached hydrogens (primary N) is 3. The van der Waals surface area contributed by atoms with Crippen LogP contribution in [0.2, 0.25) is 0 Å². The number of thioether (sulfide) groups is 1. The first kappa shape index (κ1) is 88.1. The topological polar surface area (TPSA) is 621 Å². The van der Waals surface area contributed by atoms with Gasteiger partial charge in [0.25, 0.3) is 0 Å². The number of aliphatic carboxylic acids is 2. The van der Waals surface area contributed by atoms with E-state index in [2.05, 4.69) is 74.1 Å². The van der Waals surface area contributed by atoms with E-state index in [9.17, 15) is 102 Å². The Labute approximate surface area is 618 Å². The number of hydrogen-bond donors (Lipinski definition) is 20. The highest BCUT2D eigenvalue weighted by atomic mass is 32.2. The maximum atomic E-state index is 14.7. The number of aliphatic hydroxyl groups excluding tert-OH is 1. The summed E-state index contributed by atoms with van der Waals surface area (Å²) in [6.45, 7) is 4.42. The molecule has 0 unspecified atom stereocenters. The fraction of sp³-hybridized carbons (Fsp3) is 0.522. The van der Waals surface area contributed by atoms with Crippen molar-refractivity contribution >= 4 is 129 Å². The summed E-state index contributed by atoms with van der Waals surface area (Å²) in [6.07, 6.45) is -1.74. The highest BCUT2D eigenvalue weighted by Gasteiger charge is 2.41. The molecule has 0 spiro atoms. The van der Waals surface area contributed by atoms with E-state index in [-0.39, 0.29) is 74.4 Å². The monoisotopic (exact) mass is 1520 g/mol. The minimum atomic E-state index is -2.02. The molecule has 1 fully saturated rings. The van der Waals surface area contributed by atoms with Gasteiger partial charge in [-0.05, 0) is 61.1 Å². The Morgan fingerprint density at radius 2 is 1.05 bits per heavy atom. The third-order valence-electron chi connectivity index (χ3n) is 16.1. The Hall–Kier alpha value is -11.3. The number of amides is 16.